The van der Waals surface area contributed by atoms with Crippen LogP contribution >= 0.6 is 11.3 Å². The van der Waals surface area contributed by atoms with Crippen LogP contribution in [0.1, 0.15) is 41.0 Å². The van der Waals surface area contributed by atoms with Gasteiger partial charge in [0, 0.05) is 4.88 Å². The molecule has 1 aromatic carbocycles. The molecule has 1 aromatic heterocycles. The summed E-state index contributed by atoms with van der Waals surface area (Å²) in [7, 11) is 0. The molecule has 0 amide bonds. The summed E-state index contributed by atoms with van der Waals surface area (Å²) in [4.78, 5) is 12.5. The van der Waals surface area contributed by atoms with E-state index >= 15 is 0 Å². The monoisotopic (exact) mass is 290 g/mol. The average Bonchev–Trinajstić information content (AvgIpc) is 2.93. The third-order valence-corrected chi connectivity index (χ3v) is 4.10. The highest BCUT2D eigenvalue weighted by atomic mass is 32.1. The molecule has 20 heavy (non-hydrogen) atoms. The number of carbonyl (C=O) groups is 1. The molecule has 0 aliphatic heterocycles. The fraction of sp³-hybridized carbons (Fsp3) is 0.267. The lowest BCUT2D eigenvalue weighted by Gasteiger charge is -2.20. The van der Waals surface area contributed by atoms with Crippen molar-refractivity contribution in [3.05, 3.63) is 46.2 Å². The average molecular weight is 290 g/mol. The van der Waals surface area contributed by atoms with Crippen LogP contribution in [0.15, 0.2) is 35.7 Å². The van der Waals surface area contributed by atoms with Crippen LogP contribution in [0.5, 0.6) is 0 Å². The highest BCUT2D eigenvalue weighted by Gasteiger charge is 2.18. The van der Waals surface area contributed by atoms with Crippen LogP contribution in [0.25, 0.3) is 0 Å². The van der Waals surface area contributed by atoms with Crippen LogP contribution < -0.4 is 11.1 Å². The van der Waals surface area contributed by atoms with Crippen LogP contribution in [0.4, 0.5) is 11.4 Å². The van der Waals surface area contributed by atoms with Crippen LogP contribution in [0.2, 0.25) is 0 Å². The summed E-state index contributed by atoms with van der Waals surface area (Å²) >= 11 is 1.66. The standard InChI is InChI=1S/C15H18N2O2S/c1-2-5-12(13-8-4-9-20-13)17-14-10(15(18)19)6-3-7-11(14)16/h3-4,6-9,12,17H,2,5,16H2,1H3,(H,18,19). The van der Waals surface area contributed by atoms with Crippen molar-refractivity contribution >= 4 is 28.7 Å². The predicted octanol–water partition coefficient (Wildman–Crippen LogP) is 3.98. The molecule has 2 aromatic rings. The number of benzene rings is 1. The Labute approximate surface area is 122 Å². The fourth-order valence-corrected chi connectivity index (χ4v) is 2.96. The molecule has 0 aliphatic carbocycles. The Morgan fingerprint density at radius 3 is 2.80 bits per heavy atom. The van der Waals surface area contributed by atoms with E-state index in [0.29, 0.717) is 11.4 Å². The van der Waals surface area contributed by atoms with Gasteiger partial charge in [0.1, 0.15) is 0 Å². The molecule has 0 radical (unpaired) electrons. The first kappa shape index (κ1) is 14.4. The Morgan fingerprint density at radius 2 is 2.20 bits per heavy atom. The van der Waals surface area contributed by atoms with E-state index in [2.05, 4.69) is 18.3 Å². The molecule has 0 fully saturated rings. The van der Waals surface area contributed by atoms with Crippen molar-refractivity contribution in [2.75, 3.05) is 11.1 Å². The molecule has 0 spiro atoms. The Morgan fingerprint density at radius 1 is 1.40 bits per heavy atom. The molecule has 1 heterocycles. The molecular formula is C15H18N2O2S. The maximum absolute atomic E-state index is 11.3. The van der Waals surface area contributed by atoms with Crippen molar-refractivity contribution in [3.63, 3.8) is 0 Å². The van der Waals surface area contributed by atoms with E-state index in [-0.39, 0.29) is 11.6 Å². The molecule has 0 aliphatic rings. The van der Waals surface area contributed by atoms with E-state index in [1.54, 1.807) is 29.5 Å². The van der Waals surface area contributed by atoms with Gasteiger partial charge in [-0.2, -0.15) is 0 Å². The minimum atomic E-state index is -0.971. The minimum absolute atomic E-state index is 0.0859. The summed E-state index contributed by atoms with van der Waals surface area (Å²) in [5, 5.41) is 14.6. The zero-order chi connectivity index (χ0) is 14.5. The number of rotatable bonds is 6. The number of nitrogens with one attached hydrogen (secondary N) is 1. The Kier molecular flexibility index (Phi) is 4.63. The highest BCUT2D eigenvalue weighted by molar-refractivity contribution is 7.10. The van der Waals surface area contributed by atoms with Crippen molar-refractivity contribution in [2.45, 2.75) is 25.8 Å². The van der Waals surface area contributed by atoms with Crippen molar-refractivity contribution in [3.8, 4) is 0 Å². The Balaban J connectivity index is 2.34. The largest absolute Gasteiger partial charge is 0.478 e. The van der Waals surface area contributed by atoms with Gasteiger partial charge in [0.15, 0.2) is 0 Å². The van der Waals surface area contributed by atoms with Gasteiger partial charge in [-0.3, -0.25) is 0 Å². The number of carboxylic acid groups (broad SMARTS) is 1. The molecule has 0 saturated carbocycles. The number of hydrogen-bond donors (Lipinski definition) is 3. The van der Waals surface area contributed by atoms with Gasteiger partial charge in [0.25, 0.3) is 0 Å². The van der Waals surface area contributed by atoms with Crippen molar-refractivity contribution in [1.29, 1.82) is 0 Å². The van der Waals surface area contributed by atoms with E-state index in [1.807, 2.05) is 11.4 Å². The summed E-state index contributed by atoms with van der Waals surface area (Å²) < 4.78 is 0. The first-order valence-corrected chi connectivity index (χ1v) is 7.43. The number of para-hydroxylation sites is 1. The Bertz CT molecular complexity index is 582. The maximum atomic E-state index is 11.3. The molecule has 4 N–H and O–H groups in total. The topological polar surface area (TPSA) is 75.3 Å². The summed E-state index contributed by atoms with van der Waals surface area (Å²) in [6.45, 7) is 2.11. The molecule has 1 unspecified atom stereocenters. The molecular weight excluding hydrogens is 272 g/mol. The number of nitrogen functional groups attached to an aromatic ring is 1. The molecule has 4 nitrogen and oxygen atoms in total. The van der Waals surface area contributed by atoms with Crippen molar-refractivity contribution < 1.29 is 9.90 Å². The van der Waals surface area contributed by atoms with Gasteiger partial charge in [-0.25, -0.2) is 4.79 Å². The van der Waals surface area contributed by atoms with Gasteiger partial charge >= 0.3 is 5.97 Å². The lowest BCUT2D eigenvalue weighted by atomic mass is 10.1. The first-order valence-electron chi connectivity index (χ1n) is 6.55. The second kappa shape index (κ2) is 6.43. The van der Waals surface area contributed by atoms with Crippen LogP contribution in [-0.2, 0) is 0 Å². The number of anilines is 2. The summed E-state index contributed by atoms with van der Waals surface area (Å²) in [6, 6.07) is 9.07. The van der Waals surface area contributed by atoms with Crippen molar-refractivity contribution in [1.82, 2.24) is 0 Å². The summed E-state index contributed by atoms with van der Waals surface area (Å²) in [5.41, 5.74) is 7.11. The Hall–Kier alpha value is -2.01. The normalized spacial score (nSPS) is 12.1. The molecule has 0 saturated heterocycles. The number of thiophene rings is 1. The quantitative estimate of drug-likeness (QED) is 0.703. The number of carboxylic acids is 1. The predicted molar refractivity (Wildman–Crippen MR) is 83.4 cm³/mol. The van der Waals surface area contributed by atoms with Crippen molar-refractivity contribution in [2.24, 2.45) is 0 Å². The van der Waals surface area contributed by atoms with Crippen LogP contribution in [-0.4, -0.2) is 11.1 Å². The van der Waals surface area contributed by atoms with Gasteiger partial charge in [0.05, 0.1) is 23.0 Å². The maximum Gasteiger partial charge on any atom is 0.337 e. The lowest BCUT2D eigenvalue weighted by molar-refractivity contribution is 0.0698. The minimum Gasteiger partial charge on any atom is -0.478 e. The van der Waals surface area contributed by atoms with Gasteiger partial charge in [-0.1, -0.05) is 25.5 Å². The number of hydrogen-bond acceptors (Lipinski definition) is 4. The zero-order valence-corrected chi connectivity index (χ0v) is 12.1. The zero-order valence-electron chi connectivity index (χ0n) is 11.3. The van der Waals surface area contributed by atoms with E-state index < -0.39 is 5.97 Å². The van der Waals surface area contributed by atoms with Gasteiger partial charge in [-0.15, -0.1) is 11.3 Å². The van der Waals surface area contributed by atoms with E-state index in [0.717, 1.165) is 12.8 Å². The van der Waals surface area contributed by atoms with Gasteiger partial charge in [-0.05, 0) is 30.0 Å². The van der Waals surface area contributed by atoms with Crippen LogP contribution in [0.3, 0.4) is 0 Å². The van der Waals surface area contributed by atoms with E-state index in [4.69, 9.17) is 5.73 Å². The first-order chi connectivity index (χ1) is 9.63. The second-order valence-corrected chi connectivity index (χ2v) is 5.56. The fourth-order valence-electron chi connectivity index (χ4n) is 2.15. The molecule has 2 rings (SSSR count). The van der Waals surface area contributed by atoms with Gasteiger partial charge < -0.3 is 16.2 Å². The van der Waals surface area contributed by atoms with E-state index in [9.17, 15) is 9.90 Å². The number of nitrogens with two attached hydrogens (primary N) is 1. The molecule has 1 atom stereocenters. The molecule has 106 valence electrons. The number of aromatic carboxylic acids is 1. The van der Waals surface area contributed by atoms with E-state index in [1.165, 1.54) is 4.88 Å². The molecule has 0 bridgehead atoms. The third kappa shape index (κ3) is 3.11. The lowest BCUT2D eigenvalue weighted by Crippen LogP contribution is -2.14. The second-order valence-electron chi connectivity index (χ2n) is 4.58. The SMILES string of the molecule is CCCC(Nc1c(N)cccc1C(=O)O)c1cccs1. The smallest absolute Gasteiger partial charge is 0.337 e. The van der Waals surface area contributed by atoms with Crippen LogP contribution in [0, 0.1) is 0 Å². The summed E-state index contributed by atoms with van der Waals surface area (Å²) in [5.74, 6) is -0.971. The highest BCUT2D eigenvalue weighted by Crippen LogP contribution is 2.32. The summed E-state index contributed by atoms with van der Waals surface area (Å²) in [6.07, 6.45) is 1.93. The molecule has 5 heteroatoms. The van der Waals surface area contributed by atoms with Gasteiger partial charge in [0.2, 0.25) is 0 Å². The third-order valence-electron chi connectivity index (χ3n) is 3.11.